The second-order valence-corrected chi connectivity index (χ2v) is 9.07. The number of fused-ring (bicyclic) bond motifs is 10. The Hall–Kier alpha value is -4.84. The lowest BCUT2D eigenvalue weighted by molar-refractivity contribution is 0.0965. The van der Waals surface area contributed by atoms with E-state index in [1.165, 1.54) is 0 Å². The van der Waals surface area contributed by atoms with E-state index in [1.807, 2.05) is 113 Å². The highest BCUT2D eigenvalue weighted by Gasteiger charge is 2.31. The van der Waals surface area contributed by atoms with Crippen LogP contribution in [0.3, 0.4) is 0 Å². The number of hydrogen-bond acceptors (Lipinski definition) is 4. The smallest absolute Gasteiger partial charge is 0.264 e. The lowest BCUT2D eigenvalue weighted by atomic mass is 10.0. The molecular formula is C33H28N4O2. The van der Waals surface area contributed by atoms with Crippen LogP contribution in [-0.2, 0) is 6.42 Å². The van der Waals surface area contributed by atoms with Crippen molar-refractivity contribution in [2.75, 3.05) is 0 Å². The van der Waals surface area contributed by atoms with E-state index in [9.17, 15) is 9.59 Å². The van der Waals surface area contributed by atoms with Crippen molar-refractivity contribution in [3.05, 3.63) is 107 Å². The molecular weight excluding hydrogens is 484 g/mol. The number of benzene rings is 4. The Balaban J connectivity index is 0.000000663. The number of nitrogens with zero attached hydrogens (tertiary/aromatic N) is 4. The molecule has 2 aliphatic rings. The van der Waals surface area contributed by atoms with Crippen LogP contribution < -0.4 is 0 Å². The second-order valence-electron chi connectivity index (χ2n) is 9.07. The molecule has 0 radical (unpaired) electrons. The molecule has 4 aromatic carbocycles. The van der Waals surface area contributed by atoms with E-state index in [-0.39, 0.29) is 11.8 Å². The van der Waals surface area contributed by atoms with Gasteiger partial charge in [-0.15, -0.1) is 0 Å². The highest BCUT2D eigenvalue weighted by Crippen LogP contribution is 2.36. The van der Waals surface area contributed by atoms with Gasteiger partial charge in [0.2, 0.25) is 0 Å². The minimum absolute atomic E-state index is 0.0275. The van der Waals surface area contributed by atoms with E-state index in [0.29, 0.717) is 29.2 Å². The normalized spacial score (nSPS) is 12.3. The van der Waals surface area contributed by atoms with Crippen molar-refractivity contribution in [3.8, 4) is 22.8 Å². The molecule has 0 N–H and O–H groups in total. The molecule has 0 fully saturated rings. The summed E-state index contributed by atoms with van der Waals surface area (Å²) in [5.74, 6) is 1.36. The Bertz CT molecular complexity index is 1790. The monoisotopic (exact) mass is 512 g/mol. The molecule has 0 spiro atoms. The Morgan fingerprint density at radius 3 is 1.33 bits per heavy atom. The summed E-state index contributed by atoms with van der Waals surface area (Å²) in [5.41, 5.74) is 8.62. The number of hydrogen-bond donors (Lipinski definition) is 0. The fourth-order valence-electron chi connectivity index (χ4n) is 5.45. The van der Waals surface area contributed by atoms with Gasteiger partial charge in [-0.3, -0.25) is 18.7 Å². The maximum Gasteiger partial charge on any atom is 0.264 e. The van der Waals surface area contributed by atoms with Gasteiger partial charge in [0.25, 0.3) is 11.8 Å². The average molecular weight is 513 g/mol. The molecule has 0 bridgehead atoms. The van der Waals surface area contributed by atoms with Crippen molar-refractivity contribution in [2.45, 2.75) is 34.1 Å². The molecule has 39 heavy (non-hydrogen) atoms. The van der Waals surface area contributed by atoms with Gasteiger partial charge in [0.05, 0.1) is 33.2 Å². The van der Waals surface area contributed by atoms with Crippen LogP contribution in [0, 0.1) is 0 Å². The lowest BCUT2D eigenvalue weighted by Crippen LogP contribution is -2.05. The molecule has 0 amide bonds. The van der Waals surface area contributed by atoms with Crippen LogP contribution in [0.5, 0.6) is 0 Å². The first-order valence-electron chi connectivity index (χ1n) is 13.5. The quantitative estimate of drug-likeness (QED) is 0.242. The van der Waals surface area contributed by atoms with Crippen LogP contribution in [0.2, 0.25) is 0 Å². The molecule has 8 rings (SSSR count). The maximum atomic E-state index is 12.9. The van der Waals surface area contributed by atoms with Gasteiger partial charge in [0.1, 0.15) is 11.6 Å². The van der Waals surface area contributed by atoms with Crippen molar-refractivity contribution in [2.24, 2.45) is 0 Å². The zero-order chi connectivity index (χ0) is 27.3. The predicted molar refractivity (Wildman–Crippen MR) is 155 cm³/mol. The third-order valence-electron chi connectivity index (χ3n) is 7.05. The molecule has 0 aliphatic carbocycles. The zero-order valence-electron chi connectivity index (χ0n) is 22.4. The fraction of sp³-hybridized carbons (Fsp3) is 0.152. The first kappa shape index (κ1) is 24.5. The van der Waals surface area contributed by atoms with Crippen molar-refractivity contribution < 1.29 is 9.59 Å². The van der Waals surface area contributed by atoms with Crippen molar-refractivity contribution >= 4 is 33.9 Å². The lowest BCUT2D eigenvalue weighted by Gasteiger charge is -2.04. The molecule has 6 aromatic rings. The molecule has 2 aliphatic heterocycles. The Morgan fingerprint density at radius 2 is 0.923 bits per heavy atom. The van der Waals surface area contributed by atoms with E-state index >= 15 is 0 Å². The largest absolute Gasteiger partial charge is 0.268 e. The highest BCUT2D eigenvalue weighted by molar-refractivity contribution is 6.13. The summed E-state index contributed by atoms with van der Waals surface area (Å²) in [6, 6.07) is 27.3. The maximum absolute atomic E-state index is 12.9. The van der Waals surface area contributed by atoms with E-state index in [0.717, 1.165) is 44.3 Å². The van der Waals surface area contributed by atoms with Crippen LogP contribution >= 0.6 is 0 Å². The van der Waals surface area contributed by atoms with Gasteiger partial charge in [-0.1, -0.05) is 76.2 Å². The van der Waals surface area contributed by atoms with Crippen LogP contribution in [-0.4, -0.2) is 30.9 Å². The van der Waals surface area contributed by atoms with Gasteiger partial charge in [-0.2, -0.15) is 0 Å². The van der Waals surface area contributed by atoms with E-state index < -0.39 is 0 Å². The zero-order valence-corrected chi connectivity index (χ0v) is 22.4. The SMILES string of the molecule is CC.CC.O=C1c2ccccc2-c2nc3cc(Cc4ccc5c(c4)nc4n5C(=O)c5ccccc5-4)ccc3n21. The van der Waals surface area contributed by atoms with E-state index in [4.69, 9.17) is 9.97 Å². The van der Waals surface area contributed by atoms with Crippen LogP contribution in [0.25, 0.3) is 44.8 Å². The molecule has 0 unspecified atom stereocenters. The van der Waals surface area contributed by atoms with E-state index in [2.05, 4.69) is 0 Å². The topological polar surface area (TPSA) is 69.8 Å². The summed E-state index contributed by atoms with van der Waals surface area (Å²) in [6.45, 7) is 8.00. The molecule has 6 nitrogen and oxygen atoms in total. The molecule has 0 saturated carbocycles. The summed E-state index contributed by atoms with van der Waals surface area (Å²) in [7, 11) is 0. The summed E-state index contributed by atoms with van der Waals surface area (Å²) in [4.78, 5) is 35.4. The Labute approximate surface area is 226 Å². The van der Waals surface area contributed by atoms with Crippen molar-refractivity contribution in [3.63, 3.8) is 0 Å². The molecule has 0 atom stereocenters. The molecule has 0 saturated heterocycles. The number of aromatic nitrogens is 4. The highest BCUT2D eigenvalue weighted by atomic mass is 16.2. The fourth-order valence-corrected chi connectivity index (χ4v) is 5.45. The van der Waals surface area contributed by atoms with Gasteiger partial charge in [0.15, 0.2) is 0 Å². The third-order valence-corrected chi connectivity index (χ3v) is 7.05. The summed E-state index contributed by atoms with van der Waals surface area (Å²) < 4.78 is 3.41. The van der Waals surface area contributed by atoms with Gasteiger partial charge in [0, 0.05) is 11.1 Å². The van der Waals surface area contributed by atoms with Gasteiger partial charge in [-0.25, -0.2) is 9.97 Å². The Kier molecular flexibility index (Phi) is 5.95. The van der Waals surface area contributed by atoms with Crippen LogP contribution in [0.4, 0.5) is 0 Å². The molecule has 6 heteroatoms. The molecule has 4 heterocycles. The second kappa shape index (κ2) is 9.48. The van der Waals surface area contributed by atoms with Crippen molar-refractivity contribution in [1.82, 2.24) is 19.1 Å². The summed E-state index contributed by atoms with van der Waals surface area (Å²) in [6.07, 6.45) is 0.700. The van der Waals surface area contributed by atoms with Gasteiger partial charge in [-0.05, 0) is 53.9 Å². The molecule has 2 aromatic heterocycles. The standard InChI is InChI=1S/C29H16N4O2.2C2H6/c34-28-20-7-3-1-5-18(20)26-30-22-14-16(9-11-24(22)32(26)28)13-17-10-12-25-23(15-17)31-27-19-6-2-4-8-21(19)29(35)33(25)27;2*1-2/h1-12,14-15H,13H2;2*1-2H3. The number of carbonyl (C=O) groups excluding carboxylic acids is 2. The van der Waals surface area contributed by atoms with Gasteiger partial charge >= 0.3 is 0 Å². The average Bonchev–Trinajstić information content (AvgIpc) is 3.70. The number of rotatable bonds is 2. The minimum atomic E-state index is -0.0275. The predicted octanol–water partition coefficient (Wildman–Crippen LogP) is 7.37. The van der Waals surface area contributed by atoms with E-state index in [1.54, 1.807) is 9.13 Å². The summed E-state index contributed by atoms with van der Waals surface area (Å²) in [5, 5.41) is 0. The first-order chi connectivity index (χ1) is 19.2. The number of carbonyl (C=O) groups is 2. The Morgan fingerprint density at radius 1 is 0.538 bits per heavy atom. The summed E-state index contributed by atoms with van der Waals surface area (Å²) >= 11 is 0. The van der Waals surface area contributed by atoms with Crippen molar-refractivity contribution in [1.29, 1.82) is 0 Å². The first-order valence-corrected chi connectivity index (χ1v) is 13.5. The number of imidazole rings is 2. The molecule has 192 valence electrons. The van der Waals surface area contributed by atoms with Gasteiger partial charge < -0.3 is 0 Å². The third kappa shape index (κ3) is 3.56. The minimum Gasteiger partial charge on any atom is -0.268 e. The van der Waals surface area contributed by atoms with Crippen LogP contribution in [0.15, 0.2) is 84.9 Å². The van der Waals surface area contributed by atoms with Crippen LogP contribution in [0.1, 0.15) is 59.5 Å².